The normalized spacial score (nSPS) is 10.5. The van der Waals surface area contributed by atoms with Crippen LogP contribution in [-0.2, 0) is 6.42 Å². The molecule has 2 aromatic rings. The Hall–Kier alpha value is -1.42. The zero-order valence-electron chi connectivity index (χ0n) is 8.49. The van der Waals surface area contributed by atoms with Crippen LogP contribution >= 0.6 is 12.2 Å². The minimum atomic E-state index is 0.601. The number of furan rings is 1. The van der Waals surface area contributed by atoms with E-state index < -0.39 is 0 Å². The van der Waals surface area contributed by atoms with E-state index in [4.69, 9.17) is 16.6 Å². The van der Waals surface area contributed by atoms with Crippen LogP contribution in [-0.4, -0.2) is 9.97 Å². The molecule has 0 radical (unpaired) electrons. The highest BCUT2D eigenvalue weighted by Gasteiger charge is 2.03. The lowest BCUT2D eigenvalue weighted by Gasteiger charge is -2.02. The van der Waals surface area contributed by atoms with E-state index in [0.717, 1.165) is 24.3 Å². The second-order valence-electron chi connectivity index (χ2n) is 3.32. The minimum Gasteiger partial charge on any atom is -0.461 e. The molecule has 2 aromatic heterocycles. The highest BCUT2D eigenvalue weighted by Crippen LogP contribution is 2.15. The van der Waals surface area contributed by atoms with Crippen molar-refractivity contribution in [1.29, 1.82) is 0 Å². The molecule has 78 valence electrons. The Kier molecular flexibility index (Phi) is 2.97. The van der Waals surface area contributed by atoms with Gasteiger partial charge in [0.2, 0.25) is 0 Å². The minimum absolute atomic E-state index is 0.601. The van der Waals surface area contributed by atoms with Crippen molar-refractivity contribution >= 4 is 12.2 Å². The second-order valence-corrected chi connectivity index (χ2v) is 3.74. The maximum atomic E-state index is 5.27. The number of H-pyrrole nitrogens is 1. The third-order valence-electron chi connectivity index (χ3n) is 2.07. The van der Waals surface area contributed by atoms with Crippen molar-refractivity contribution in [3.8, 4) is 11.6 Å². The predicted molar refractivity (Wildman–Crippen MR) is 61.1 cm³/mol. The van der Waals surface area contributed by atoms with Gasteiger partial charge in [0.1, 0.15) is 4.64 Å². The zero-order valence-corrected chi connectivity index (χ0v) is 9.30. The summed E-state index contributed by atoms with van der Waals surface area (Å²) >= 11 is 5.10. The Balaban J connectivity index is 2.44. The van der Waals surface area contributed by atoms with Crippen LogP contribution in [0.5, 0.6) is 0 Å². The van der Waals surface area contributed by atoms with Crippen LogP contribution in [0, 0.1) is 4.64 Å². The molecule has 2 rings (SSSR count). The van der Waals surface area contributed by atoms with Gasteiger partial charge in [0.15, 0.2) is 11.6 Å². The molecule has 0 saturated carbocycles. The molecule has 0 aliphatic rings. The Morgan fingerprint density at radius 3 is 3.07 bits per heavy atom. The Bertz CT molecular complexity index is 488. The number of aromatic nitrogens is 2. The first-order valence-electron chi connectivity index (χ1n) is 4.93. The van der Waals surface area contributed by atoms with Gasteiger partial charge in [0, 0.05) is 5.69 Å². The number of nitrogens with zero attached hydrogens (tertiary/aromatic N) is 1. The number of hydrogen-bond acceptors (Lipinski definition) is 3. The van der Waals surface area contributed by atoms with E-state index in [0.29, 0.717) is 10.5 Å². The van der Waals surface area contributed by atoms with Crippen molar-refractivity contribution in [2.24, 2.45) is 0 Å². The summed E-state index contributed by atoms with van der Waals surface area (Å²) in [5.41, 5.74) is 1.10. The van der Waals surface area contributed by atoms with E-state index in [1.54, 1.807) is 6.26 Å². The molecule has 0 fully saturated rings. The second kappa shape index (κ2) is 4.40. The molecule has 0 atom stereocenters. The Labute approximate surface area is 93.2 Å². The van der Waals surface area contributed by atoms with Crippen molar-refractivity contribution < 1.29 is 4.42 Å². The number of aromatic amines is 1. The molecule has 4 heteroatoms. The van der Waals surface area contributed by atoms with Gasteiger partial charge in [-0.15, -0.1) is 0 Å². The van der Waals surface area contributed by atoms with Crippen LogP contribution in [0.3, 0.4) is 0 Å². The first kappa shape index (κ1) is 10.1. The summed E-state index contributed by atoms with van der Waals surface area (Å²) in [4.78, 5) is 7.44. The molecular formula is C11H12N2OS. The topological polar surface area (TPSA) is 41.8 Å². The number of hydrogen-bond donors (Lipinski definition) is 1. The summed E-state index contributed by atoms with van der Waals surface area (Å²) in [5.74, 6) is 1.43. The summed E-state index contributed by atoms with van der Waals surface area (Å²) in [6, 6.07) is 5.59. The SMILES string of the molecule is CCCc1cc(=S)nc(-c2ccco2)[nH]1. The maximum absolute atomic E-state index is 5.27. The van der Waals surface area contributed by atoms with Gasteiger partial charge >= 0.3 is 0 Å². The van der Waals surface area contributed by atoms with E-state index in [-0.39, 0.29) is 0 Å². The maximum Gasteiger partial charge on any atom is 0.175 e. The quantitative estimate of drug-likeness (QED) is 0.806. The molecule has 0 aliphatic heterocycles. The average Bonchev–Trinajstić information content (AvgIpc) is 2.70. The first-order valence-corrected chi connectivity index (χ1v) is 5.34. The molecule has 0 unspecified atom stereocenters. The van der Waals surface area contributed by atoms with Gasteiger partial charge in [-0.3, -0.25) is 0 Å². The van der Waals surface area contributed by atoms with Crippen LogP contribution in [0.2, 0.25) is 0 Å². The standard InChI is InChI=1S/C11H12N2OS/c1-2-4-8-7-10(15)13-11(12-8)9-5-3-6-14-9/h3,5-7H,2,4H2,1H3,(H,12,13,15). The molecule has 0 aliphatic carbocycles. The molecule has 15 heavy (non-hydrogen) atoms. The van der Waals surface area contributed by atoms with E-state index in [1.807, 2.05) is 18.2 Å². The van der Waals surface area contributed by atoms with Gasteiger partial charge < -0.3 is 9.40 Å². The van der Waals surface area contributed by atoms with Crippen LogP contribution in [0.15, 0.2) is 28.9 Å². The van der Waals surface area contributed by atoms with Crippen LogP contribution in [0.25, 0.3) is 11.6 Å². The van der Waals surface area contributed by atoms with E-state index in [1.165, 1.54) is 0 Å². The van der Waals surface area contributed by atoms with Gasteiger partial charge in [-0.25, -0.2) is 4.98 Å². The zero-order chi connectivity index (χ0) is 10.7. The summed E-state index contributed by atoms with van der Waals surface area (Å²) in [6.45, 7) is 2.13. The van der Waals surface area contributed by atoms with Gasteiger partial charge in [-0.05, 0) is 24.6 Å². The molecule has 3 nitrogen and oxygen atoms in total. The highest BCUT2D eigenvalue weighted by molar-refractivity contribution is 7.71. The van der Waals surface area contributed by atoms with Gasteiger partial charge in [-0.1, -0.05) is 25.6 Å². The van der Waals surface area contributed by atoms with Gasteiger partial charge in [0.05, 0.1) is 6.26 Å². The molecule has 0 bridgehead atoms. The third-order valence-corrected chi connectivity index (χ3v) is 2.28. The number of aryl methyl sites for hydroxylation is 1. The fraction of sp³-hybridized carbons (Fsp3) is 0.273. The Morgan fingerprint density at radius 1 is 1.53 bits per heavy atom. The van der Waals surface area contributed by atoms with Crippen LogP contribution < -0.4 is 0 Å². The fourth-order valence-corrected chi connectivity index (χ4v) is 1.68. The van der Waals surface area contributed by atoms with Crippen molar-refractivity contribution in [2.75, 3.05) is 0 Å². The average molecular weight is 220 g/mol. The molecule has 0 amide bonds. The summed E-state index contributed by atoms with van der Waals surface area (Å²) in [7, 11) is 0. The Morgan fingerprint density at radius 2 is 2.40 bits per heavy atom. The molecular weight excluding hydrogens is 208 g/mol. The molecule has 0 spiro atoms. The van der Waals surface area contributed by atoms with Crippen molar-refractivity contribution in [2.45, 2.75) is 19.8 Å². The van der Waals surface area contributed by atoms with Crippen molar-refractivity contribution in [1.82, 2.24) is 9.97 Å². The van der Waals surface area contributed by atoms with Gasteiger partial charge in [-0.2, -0.15) is 0 Å². The van der Waals surface area contributed by atoms with Crippen LogP contribution in [0.4, 0.5) is 0 Å². The monoisotopic (exact) mass is 220 g/mol. The van der Waals surface area contributed by atoms with Crippen LogP contribution in [0.1, 0.15) is 19.0 Å². The van der Waals surface area contributed by atoms with E-state index in [2.05, 4.69) is 16.9 Å². The van der Waals surface area contributed by atoms with E-state index in [9.17, 15) is 0 Å². The molecule has 2 heterocycles. The lowest BCUT2D eigenvalue weighted by atomic mass is 10.2. The fourth-order valence-electron chi connectivity index (χ4n) is 1.44. The molecule has 0 aromatic carbocycles. The first-order chi connectivity index (χ1) is 7.29. The smallest absolute Gasteiger partial charge is 0.175 e. The lowest BCUT2D eigenvalue weighted by Crippen LogP contribution is -1.95. The summed E-state index contributed by atoms with van der Waals surface area (Å²) < 4.78 is 5.87. The largest absolute Gasteiger partial charge is 0.461 e. The number of nitrogens with one attached hydrogen (secondary N) is 1. The highest BCUT2D eigenvalue weighted by atomic mass is 32.1. The lowest BCUT2D eigenvalue weighted by molar-refractivity contribution is 0.576. The van der Waals surface area contributed by atoms with Crippen molar-refractivity contribution in [3.05, 3.63) is 34.8 Å². The molecule has 1 N–H and O–H groups in total. The third kappa shape index (κ3) is 2.33. The van der Waals surface area contributed by atoms with E-state index >= 15 is 0 Å². The van der Waals surface area contributed by atoms with Gasteiger partial charge in [0.25, 0.3) is 0 Å². The molecule has 0 saturated heterocycles. The van der Waals surface area contributed by atoms with Crippen molar-refractivity contribution in [3.63, 3.8) is 0 Å². The summed E-state index contributed by atoms with van der Waals surface area (Å²) in [5, 5.41) is 0. The number of rotatable bonds is 3. The predicted octanol–water partition coefficient (Wildman–Crippen LogP) is 3.35. The summed E-state index contributed by atoms with van der Waals surface area (Å²) in [6.07, 6.45) is 3.67.